The molecular formula is C13H14N2O2. The number of carbonyl (C=O) groups is 1. The molecular weight excluding hydrogens is 216 g/mol. The van der Waals surface area contributed by atoms with Crippen LogP contribution in [0.2, 0.25) is 0 Å². The highest BCUT2D eigenvalue weighted by atomic mass is 16.4. The van der Waals surface area contributed by atoms with Crippen molar-refractivity contribution in [3.05, 3.63) is 35.5 Å². The number of H-pyrrole nitrogens is 1. The summed E-state index contributed by atoms with van der Waals surface area (Å²) in [6.07, 6.45) is 0.575. The first-order chi connectivity index (χ1) is 8.16. The van der Waals surface area contributed by atoms with Gasteiger partial charge in [0.15, 0.2) is 0 Å². The Bertz CT molecular complexity index is 588. The Balaban J connectivity index is 2.13. The molecule has 4 heteroatoms. The summed E-state index contributed by atoms with van der Waals surface area (Å²) in [6, 6.07) is 7.65. The lowest BCUT2D eigenvalue weighted by molar-refractivity contribution is -0.143. The van der Waals surface area contributed by atoms with Crippen LogP contribution in [0.25, 0.3) is 10.9 Å². The minimum Gasteiger partial charge on any atom is -0.480 e. The fourth-order valence-electron chi connectivity index (χ4n) is 2.61. The molecule has 2 aromatic rings. The lowest BCUT2D eigenvalue weighted by atomic mass is 9.97. The van der Waals surface area contributed by atoms with Gasteiger partial charge in [-0.1, -0.05) is 18.2 Å². The Morgan fingerprint density at radius 1 is 1.47 bits per heavy atom. The summed E-state index contributed by atoms with van der Waals surface area (Å²) in [5.41, 5.74) is 3.40. The highest BCUT2D eigenvalue weighted by Crippen LogP contribution is 2.29. The van der Waals surface area contributed by atoms with E-state index in [1.54, 1.807) is 0 Å². The zero-order valence-electron chi connectivity index (χ0n) is 9.60. The Morgan fingerprint density at radius 2 is 2.24 bits per heavy atom. The van der Waals surface area contributed by atoms with Crippen molar-refractivity contribution in [3.63, 3.8) is 0 Å². The number of aliphatic carboxylic acids is 1. The van der Waals surface area contributed by atoms with E-state index in [1.807, 2.05) is 30.1 Å². The molecule has 0 radical (unpaired) electrons. The third kappa shape index (κ3) is 1.52. The maximum Gasteiger partial charge on any atom is 0.321 e. The number of aromatic amines is 1. The number of carboxylic acids is 1. The summed E-state index contributed by atoms with van der Waals surface area (Å²) < 4.78 is 0. The Labute approximate surface area is 98.9 Å². The lowest BCUT2D eigenvalue weighted by Gasteiger charge is -2.29. The van der Waals surface area contributed by atoms with Gasteiger partial charge in [0.2, 0.25) is 0 Å². The molecule has 1 aliphatic heterocycles. The molecule has 1 aromatic carbocycles. The van der Waals surface area contributed by atoms with Gasteiger partial charge >= 0.3 is 5.97 Å². The number of aromatic nitrogens is 1. The number of rotatable bonds is 1. The number of fused-ring (bicyclic) bond motifs is 3. The minimum atomic E-state index is -0.747. The first-order valence-electron chi connectivity index (χ1n) is 5.68. The van der Waals surface area contributed by atoms with Gasteiger partial charge in [-0.05, 0) is 18.7 Å². The van der Waals surface area contributed by atoms with E-state index in [0.29, 0.717) is 13.0 Å². The Hall–Kier alpha value is -1.81. The highest BCUT2D eigenvalue weighted by Gasteiger charge is 2.30. The van der Waals surface area contributed by atoms with Crippen molar-refractivity contribution in [3.8, 4) is 0 Å². The predicted octanol–water partition coefficient (Wildman–Crippen LogP) is 1.61. The van der Waals surface area contributed by atoms with Crippen LogP contribution in [0.5, 0.6) is 0 Å². The largest absolute Gasteiger partial charge is 0.480 e. The van der Waals surface area contributed by atoms with E-state index < -0.39 is 12.0 Å². The summed E-state index contributed by atoms with van der Waals surface area (Å²) in [5.74, 6) is -0.747. The standard InChI is InChI=1S/C13H14N2O2/c1-15-7-11-9(6-12(15)13(16)17)8-4-2-3-5-10(8)14-11/h2-5,12,14H,6-7H2,1H3,(H,16,17)/t12-/m0/s1. The van der Waals surface area contributed by atoms with Crippen LogP contribution in [0.4, 0.5) is 0 Å². The van der Waals surface area contributed by atoms with E-state index in [4.69, 9.17) is 0 Å². The van der Waals surface area contributed by atoms with Gasteiger partial charge in [0.25, 0.3) is 0 Å². The summed E-state index contributed by atoms with van der Waals surface area (Å²) in [5, 5.41) is 10.3. The number of nitrogens with zero attached hydrogens (tertiary/aromatic N) is 1. The van der Waals surface area contributed by atoms with Crippen LogP contribution in [-0.4, -0.2) is 34.0 Å². The van der Waals surface area contributed by atoms with Gasteiger partial charge < -0.3 is 10.1 Å². The molecule has 2 N–H and O–H groups in total. The molecule has 0 unspecified atom stereocenters. The summed E-state index contributed by atoms with van der Waals surface area (Å²) in [4.78, 5) is 16.4. The molecule has 0 saturated carbocycles. The van der Waals surface area contributed by atoms with E-state index in [-0.39, 0.29) is 0 Å². The van der Waals surface area contributed by atoms with Gasteiger partial charge in [-0.2, -0.15) is 0 Å². The predicted molar refractivity (Wildman–Crippen MR) is 64.9 cm³/mol. The first kappa shape index (κ1) is 10.4. The second-order valence-electron chi connectivity index (χ2n) is 4.60. The van der Waals surface area contributed by atoms with Crippen LogP contribution in [0, 0.1) is 0 Å². The second kappa shape index (κ2) is 3.60. The lowest BCUT2D eigenvalue weighted by Crippen LogP contribution is -2.42. The number of carboxylic acid groups (broad SMARTS) is 1. The molecule has 1 aliphatic rings. The van der Waals surface area contributed by atoms with Crippen LogP contribution < -0.4 is 0 Å². The summed E-state index contributed by atoms with van der Waals surface area (Å²) >= 11 is 0. The number of hydrogen-bond donors (Lipinski definition) is 2. The van der Waals surface area contributed by atoms with Gasteiger partial charge in [0.05, 0.1) is 0 Å². The third-order valence-electron chi connectivity index (χ3n) is 3.52. The SMILES string of the molecule is CN1Cc2[nH]c3ccccc3c2C[C@H]1C(=O)O. The van der Waals surface area contributed by atoms with E-state index in [2.05, 4.69) is 11.1 Å². The molecule has 0 amide bonds. The average Bonchev–Trinajstić information content (AvgIpc) is 2.64. The zero-order chi connectivity index (χ0) is 12.0. The fourth-order valence-corrected chi connectivity index (χ4v) is 2.61. The molecule has 1 atom stereocenters. The van der Waals surface area contributed by atoms with Crippen LogP contribution >= 0.6 is 0 Å². The molecule has 2 heterocycles. The van der Waals surface area contributed by atoms with Crippen molar-refractivity contribution in [2.45, 2.75) is 19.0 Å². The third-order valence-corrected chi connectivity index (χ3v) is 3.52. The molecule has 88 valence electrons. The maximum atomic E-state index is 11.2. The quantitative estimate of drug-likeness (QED) is 0.782. The number of hydrogen-bond acceptors (Lipinski definition) is 2. The minimum absolute atomic E-state index is 0.415. The van der Waals surface area contributed by atoms with Crippen molar-refractivity contribution in [2.75, 3.05) is 7.05 Å². The Kier molecular flexibility index (Phi) is 2.19. The molecule has 0 spiro atoms. The molecule has 0 aliphatic carbocycles. The number of para-hydroxylation sites is 1. The topological polar surface area (TPSA) is 56.3 Å². The molecule has 0 saturated heterocycles. The van der Waals surface area contributed by atoms with Gasteiger partial charge in [-0.15, -0.1) is 0 Å². The van der Waals surface area contributed by atoms with Crippen LogP contribution in [0.1, 0.15) is 11.3 Å². The maximum absolute atomic E-state index is 11.2. The molecule has 0 bridgehead atoms. The smallest absolute Gasteiger partial charge is 0.321 e. The van der Waals surface area contributed by atoms with E-state index in [0.717, 1.165) is 22.2 Å². The van der Waals surface area contributed by atoms with Crippen molar-refractivity contribution >= 4 is 16.9 Å². The molecule has 17 heavy (non-hydrogen) atoms. The van der Waals surface area contributed by atoms with Crippen molar-refractivity contribution in [1.82, 2.24) is 9.88 Å². The molecule has 3 rings (SSSR count). The highest BCUT2D eigenvalue weighted by molar-refractivity contribution is 5.86. The van der Waals surface area contributed by atoms with Crippen molar-refractivity contribution in [2.24, 2.45) is 0 Å². The zero-order valence-corrected chi connectivity index (χ0v) is 9.60. The first-order valence-corrected chi connectivity index (χ1v) is 5.68. The van der Waals surface area contributed by atoms with Gasteiger partial charge in [0, 0.05) is 29.6 Å². The van der Waals surface area contributed by atoms with Crippen LogP contribution in [0.15, 0.2) is 24.3 Å². The number of benzene rings is 1. The number of nitrogens with one attached hydrogen (secondary N) is 1. The van der Waals surface area contributed by atoms with Gasteiger partial charge in [-0.25, -0.2) is 0 Å². The fraction of sp³-hybridized carbons (Fsp3) is 0.308. The normalized spacial score (nSPS) is 20.4. The number of likely N-dealkylation sites (N-methyl/N-ethyl adjacent to an activating group) is 1. The summed E-state index contributed by atoms with van der Waals surface area (Å²) in [7, 11) is 1.85. The molecule has 1 aromatic heterocycles. The van der Waals surface area contributed by atoms with E-state index in [9.17, 15) is 9.90 Å². The van der Waals surface area contributed by atoms with E-state index in [1.165, 1.54) is 0 Å². The molecule has 0 fully saturated rings. The van der Waals surface area contributed by atoms with Crippen LogP contribution in [0.3, 0.4) is 0 Å². The van der Waals surface area contributed by atoms with Crippen molar-refractivity contribution in [1.29, 1.82) is 0 Å². The Morgan fingerprint density at radius 3 is 3.00 bits per heavy atom. The monoisotopic (exact) mass is 230 g/mol. The molecule has 4 nitrogen and oxygen atoms in total. The van der Waals surface area contributed by atoms with Gasteiger partial charge in [-0.3, -0.25) is 9.69 Å². The van der Waals surface area contributed by atoms with Crippen molar-refractivity contribution < 1.29 is 9.90 Å². The second-order valence-corrected chi connectivity index (χ2v) is 4.60. The van der Waals surface area contributed by atoms with Crippen LogP contribution in [-0.2, 0) is 17.8 Å². The summed E-state index contributed by atoms with van der Waals surface area (Å²) in [6.45, 7) is 0.668. The van der Waals surface area contributed by atoms with Gasteiger partial charge in [0.1, 0.15) is 6.04 Å². The van der Waals surface area contributed by atoms with E-state index >= 15 is 0 Å². The average molecular weight is 230 g/mol.